The molecule has 0 fully saturated rings. The Morgan fingerprint density at radius 2 is 2.00 bits per heavy atom. The van der Waals surface area contributed by atoms with Crippen LogP contribution >= 0.6 is 0 Å². The van der Waals surface area contributed by atoms with Gasteiger partial charge in [0.1, 0.15) is 0 Å². The number of benzene rings is 1. The van der Waals surface area contributed by atoms with Gasteiger partial charge in [0.25, 0.3) is 10.1 Å². The van der Waals surface area contributed by atoms with Crippen molar-refractivity contribution < 1.29 is 17.8 Å². The van der Waals surface area contributed by atoms with E-state index >= 15 is 0 Å². The van der Waals surface area contributed by atoms with Crippen LogP contribution in [0.25, 0.3) is 0 Å². The molecule has 0 aliphatic carbocycles. The first-order valence-corrected chi connectivity index (χ1v) is 7.13. The molecule has 1 aromatic rings. The number of nitrogens with two attached hydrogens (primary N) is 1. The van der Waals surface area contributed by atoms with E-state index in [0.29, 0.717) is 11.1 Å². The summed E-state index contributed by atoms with van der Waals surface area (Å²) in [4.78, 5) is 11.3. The normalized spacial score (nSPS) is 12.8. The standard InChI is InChI=1S/C12H17N3O4S/c1-7-4-8(2)11(20(17,18)19)5-10(7)15-12(16)14-6-9(3)13/h4-6,9H,3,13H2,1-2H3,(H2,14,15,16)(H,17,18,19)/t9-/m0/s1. The van der Waals surface area contributed by atoms with E-state index in [-0.39, 0.29) is 10.6 Å². The van der Waals surface area contributed by atoms with Gasteiger partial charge in [0.15, 0.2) is 0 Å². The minimum atomic E-state index is -4.34. The molecule has 0 unspecified atom stereocenters. The van der Waals surface area contributed by atoms with Crippen LogP contribution in [0.1, 0.15) is 11.1 Å². The van der Waals surface area contributed by atoms with Crippen LogP contribution in [0, 0.1) is 27.3 Å². The minimum Gasteiger partial charge on any atom is -0.331 e. The molecule has 2 radical (unpaired) electrons. The highest BCUT2D eigenvalue weighted by Crippen LogP contribution is 2.24. The Labute approximate surface area is 118 Å². The zero-order valence-corrected chi connectivity index (χ0v) is 12.0. The van der Waals surface area contributed by atoms with Crippen LogP contribution in [0.2, 0.25) is 0 Å². The maximum Gasteiger partial charge on any atom is 0.319 e. The van der Waals surface area contributed by atoms with Gasteiger partial charge in [-0.1, -0.05) is 6.07 Å². The van der Waals surface area contributed by atoms with Gasteiger partial charge in [0.05, 0.1) is 11.4 Å². The summed E-state index contributed by atoms with van der Waals surface area (Å²) in [7, 11) is -4.34. The van der Waals surface area contributed by atoms with E-state index in [0.717, 1.165) is 0 Å². The van der Waals surface area contributed by atoms with Gasteiger partial charge in [-0.3, -0.25) is 4.55 Å². The largest absolute Gasteiger partial charge is 0.331 e. The highest BCUT2D eigenvalue weighted by molar-refractivity contribution is 7.85. The second-order valence-electron chi connectivity index (χ2n) is 4.34. The fraction of sp³-hybridized carbons (Fsp3) is 0.250. The summed E-state index contributed by atoms with van der Waals surface area (Å²) >= 11 is 0. The van der Waals surface area contributed by atoms with Crippen molar-refractivity contribution in [3.8, 4) is 0 Å². The molecule has 7 nitrogen and oxygen atoms in total. The number of amides is 2. The third-order valence-corrected chi connectivity index (χ3v) is 3.47. The molecule has 0 saturated heterocycles. The molecule has 0 heterocycles. The number of carbonyl (C=O) groups is 1. The van der Waals surface area contributed by atoms with Gasteiger partial charge in [-0.15, -0.1) is 0 Å². The van der Waals surface area contributed by atoms with Gasteiger partial charge in [0, 0.05) is 11.7 Å². The maximum atomic E-state index is 11.6. The van der Waals surface area contributed by atoms with Crippen LogP contribution in [-0.4, -0.2) is 25.0 Å². The summed E-state index contributed by atoms with van der Waals surface area (Å²) < 4.78 is 31.5. The summed E-state index contributed by atoms with van der Waals surface area (Å²) in [6.07, 6.45) is 0. The molecule has 1 aromatic carbocycles. The molecular formula is C12H17N3O4S. The van der Waals surface area contributed by atoms with Crippen molar-refractivity contribution in [1.82, 2.24) is 5.32 Å². The Morgan fingerprint density at radius 3 is 2.50 bits per heavy atom. The van der Waals surface area contributed by atoms with Crippen molar-refractivity contribution >= 4 is 21.8 Å². The van der Waals surface area contributed by atoms with Crippen molar-refractivity contribution in [1.29, 1.82) is 0 Å². The molecule has 0 aromatic heterocycles. The van der Waals surface area contributed by atoms with E-state index in [1.54, 1.807) is 19.9 Å². The quantitative estimate of drug-likeness (QED) is 0.618. The average Bonchev–Trinajstić information content (AvgIpc) is 2.28. The number of hydrogen-bond acceptors (Lipinski definition) is 4. The lowest BCUT2D eigenvalue weighted by Crippen LogP contribution is -2.33. The number of carbonyl (C=O) groups excluding carboxylic acids is 1. The zero-order chi connectivity index (χ0) is 15.5. The Morgan fingerprint density at radius 1 is 1.40 bits per heavy atom. The van der Waals surface area contributed by atoms with Crippen LogP contribution < -0.4 is 16.4 Å². The minimum absolute atomic E-state index is 0.253. The van der Waals surface area contributed by atoms with E-state index in [2.05, 4.69) is 17.6 Å². The molecule has 1 atom stereocenters. The Bertz CT molecular complexity index is 611. The number of hydrogen-bond donors (Lipinski definition) is 4. The molecule has 20 heavy (non-hydrogen) atoms. The fourth-order valence-electron chi connectivity index (χ4n) is 1.59. The smallest absolute Gasteiger partial charge is 0.319 e. The summed E-state index contributed by atoms with van der Waals surface area (Å²) in [6.45, 7) is 7.99. The van der Waals surface area contributed by atoms with Gasteiger partial charge in [0.2, 0.25) is 0 Å². The summed E-state index contributed by atoms with van der Waals surface area (Å²) in [6, 6.07) is 1.60. The summed E-state index contributed by atoms with van der Waals surface area (Å²) in [5.41, 5.74) is 6.66. The Balaban J connectivity index is 2.99. The van der Waals surface area contributed by atoms with Crippen molar-refractivity contribution in [2.75, 3.05) is 5.32 Å². The van der Waals surface area contributed by atoms with Crippen molar-refractivity contribution in [3.63, 3.8) is 0 Å². The molecule has 0 saturated carbocycles. The van der Waals surface area contributed by atoms with E-state index in [4.69, 9.17) is 10.3 Å². The molecule has 8 heteroatoms. The van der Waals surface area contributed by atoms with E-state index < -0.39 is 22.2 Å². The number of nitrogens with one attached hydrogen (secondary N) is 2. The molecule has 110 valence electrons. The second-order valence-corrected chi connectivity index (χ2v) is 5.73. The summed E-state index contributed by atoms with van der Waals surface area (Å²) in [5.74, 6) is 0. The second kappa shape index (κ2) is 6.21. The van der Waals surface area contributed by atoms with Crippen LogP contribution in [0.15, 0.2) is 17.0 Å². The van der Waals surface area contributed by atoms with Crippen LogP contribution in [0.5, 0.6) is 0 Å². The molecule has 0 aliphatic rings. The van der Waals surface area contributed by atoms with Gasteiger partial charge >= 0.3 is 6.03 Å². The third kappa shape index (κ3) is 4.48. The first-order valence-electron chi connectivity index (χ1n) is 5.69. The lowest BCUT2D eigenvalue weighted by atomic mass is 10.1. The third-order valence-electron chi connectivity index (χ3n) is 2.48. The highest BCUT2D eigenvalue weighted by atomic mass is 32.2. The monoisotopic (exact) mass is 299 g/mol. The number of rotatable bonds is 4. The van der Waals surface area contributed by atoms with Crippen LogP contribution in [0.3, 0.4) is 0 Å². The average molecular weight is 299 g/mol. The molecule has 0 spiro atoms. The number of aryl methyl sites for hydroxylation is 2. The van der Waals surface area contributed by atoms with Gasteiger partial charge in [-0.05, 0) is 38.0 Å². The molecule has 0 aliphatic heterocycles. The lowest BCUT2D eigenvalue weighted by molar-refractivity contribution is 0.253. The number of anilines is 1. The highest BCUT2D eigenvalue weighted by Gasteiger charge is 2.16. The predicted molar refractivity (Wildman–Crippen MR) is 75.5 cm³/mol. The zero-order valence-electron chi connectivity index (χ0n) is 11.2. The van der Waals surface area contributed by atoms with Crippen molar-refractivity contribution in [3.05, 3.63) is 36.7 Å². The first kappa shape index (κ1) is 16.4. The first-order chi connectivity index (χ1) is 9.11. The van der Waals surface area contributed by atoms with E-state index in [9.17, 15) is 13.2 Å². The molecule has 0 bridgehead atoms. The van der Waals surface area contributed by atoms with E-state index in [1.807, 2.05) is 0 Å². The topological polar surface area (TPSA) is 122 Å². The lowest BCUT2D eigenvalue weighted by Gasteiger charge is -2.13. The Hall–Kier alpha value is -1.64. The van der Waals surface area contributed by atoms with Crippen molar-refractivity contribution in [2.45, 2.75) is 24.8 Å². The Kier molecular flexibility index (Phi) is 5.09. The van der Waals surface area contributed by atoms with Gasteiger partial charge in [-0.2, -0.15) is 8.42 Å². The molecule has 1 rings (SSSR count). The fourth-order valence-corrected chi connectivity index (χ4v) is 2.32. The predicted octanol–water partition coefficient (Wildman–Crippen LogP) is 0.995. The molecule has 5 N–H and O–H groups in total. The van der Waals surface area contributed by atoms with Gasteiger partial charge in [-0.25, -0.2) is 4.79 Å². The van der Waals surface area contributed by atoms with E-state index in [1.165, 1.54) is 12.6 Å². The molecule has 2 amide bonds. The molecular weight excluding hydrogens is 282 g/mol. The van der Waals surface area contributed by atoms with Crippen molar-refractivity contribution in [2.24, 2.45) is 5.73 Å². The van der Waals surface area contributed by atoms with Crippen LogP contribution in [-0.2, 0) is 10.1 Å². The van der Waals surface area contributed by atoms with Gasteiger partial charge < -0.3 is 16.4 Å². The summed E-state index contributed by atoms with van der Waals surface area (Å²) in [5, 5.41) is 4.82. The maximum absolute atomic E-state index is 11.6. The van der Waals surface area contributed by atoms with Crippen LogP contribution in [0.4, 0.5) is 10.5 Å². The number of urea groups is 1. The SMILES string of the molecule is [CH2][C@H](N)[CH]NC(=O)Nc1cc(S(=O)(=O)O)c(C)cc1C.